The Balaban J connectivity index is 2.30. The fraction of sp³-hybridized carbons (Fsp3) is 0.583. The first kappa shape index (κ1) is 11.8. The standard InChI is InChI=1S/C12H19N3/c1-4-5-7-15-8-6-12(14-15)10-13-9-11(2)3/h1,6,8,11,13H,5,7,9-10H2,2-3H3. The number of rotatable bonds is 6. The molecule has 3 heteroatoms. The molecule has 0 atom stereocenters. The highest BCUT2D eigenvalue weighted by Gasteiger charge is 1.98. The quantitative estimate of drug-likeness (QED) is 0.716. The van der Waals surface area contributed by atoms with Crippen LogP contribution in [-0.4, -0.2) is 16.3 Å². The molecule has 3 nitrogen and oxygen atoms in total. The molecule has 0 aliphatic carbocycles. The van der Waals surface area contributed by atoms with Crippen LogP contribution in [0.3, 0.4) is 0 Å². The molecule has 1 N–H and O–H groups in total. The van der Waals surface area contributed by atoms with Crippen molar-refractivity contribution in [1.29, 1.82) is 0 Å². The van der Waals surface area contributed by atoms with Crippen molar-refractivity contribution in [1.82, 2.24) is 15.1 Å². The summed E-state index contributed by atoms with van der Waals surface area (Å²) in [6.07, 6.45) is 7.91. The minimum absolute atomic E-state index is 0.675. The van der Waals surface area contributed by atoms with Gasteiger partial charge in [-0.3, -0.25) is 4.68 Å². The van der Waals surface area contributed by atoms with Gasteiger partial charge in [-0.05, 0) is 18.5 Å². The second kappa shape index (κ2) is 6.26. The number of nitrogens with one attached hydrogen (secondary N) is 1. The van der Waals surface area contributed by atoms with Crippen molar-refractivity contribution < 1.29 is 0 Å². The van der Waals surface area contributed by atoms with Crippen LogP contribution in [0.2, 0.25) is 0 Å². The minimum Gasteiger partial charge on any atom is -0.311 e. The number of nitrogens with zero attached hydrogens (tertiary/aromatic N) is 2. The molecular formula is C12H19N3. The lowest BCUT2D eigenvalue weighted by Gasteiger charge is -2.04. The van der Waals surface area contributed by atoms with Crippen molar-refractivity contribution in [3.63, 3.8) is 0 Å². The van der Waals surface area contributed by atoms with Crippen LogP contribution in [0.1, 0.15) is 26.0 Å². The molecule has 1 rings (SSSR count). The Morgan fingerprint density at radius 3 is 3.07 bits per heavy atom. The number of hydrogen-bond acceptors (Lipinski definition) is 2. The zero-order chi connectivity index (χ0) is 11.1. The SMILES string of the molecule is C#CCCn1ccc(CNCC(C)C)n1. The first-order valence-electron chi connectivity index (χ1n) is 5.39. The molecular weight excluding hydrogens is 186 g/mol. The molecule has 0 spiro atoms. The van der Waals surface area contributed by atoms with Gasteiger partial charge in [-0.15, -0.1) is 12.3 Å². The van der Waals surface area contributed by atoms with Crippen LogP contribution < -0.4 is 5.32 Å². The third-order valence-corrected chi connectivity index (χ3v) is 2.04. The molecule has 15 heavy (non-hydrogen) atoms. The monoisotopic (exact) mass is 205 g/mol. The van der Waals surface area contributed by atoms with Gasteiger partial charge >= 0.3 is 0 Å². The van der Waals surface area contributed by atoms with E-state index in [0.29, 0.717) is 5.92 Å². The average Bonchev–Trinajstić information content (AvgIpc) is 2.62. The maximum atomic E-state index is 5.19. The number of aryl methyl sites for hydroxylation is 1. The van der Waals surface area contributed by atoms with Gasteiger partial charge in [0.2, 0.25) is 0 Å². The smallest absolute Gasteiger partial charge is 0.0762 e. The van der Waals surface area contributed by atoms with Crippen molar-refractivity contribution in [2.75, 3.05) is 6.54 Å². The first-order valence-corrected chi connectivity index (χ1v) is 5.39. The van der Waals surface area contributed by atoms with E-state index < -0.39 is 0 Å². The first-order chi connectivity index (χ1) is 7.22. The second-order valence-electron chi connectivity index (χ2n) is 4.05. The fourth-order valence-electron chi connectivity index (χ4n) is 1.29. The largest absolute Gasteiger partial charge is 0.311 e. The van der Waals surface area contributed by atoms with Crippen LogP contribution in [-0.2, 0) is 13.1 Å². The predicted octanol–water partition coefficient (Wildman–Crippen LogP) is 1.65. The molecule has 0 aromatic carbocycles. The Morgan fingerprint density at radius 1 is 1.60 bits per heavy atom. The van der Waals surface area contributed by atoms with Crippen LogP contribution in [0.25, 0.3) is 0 Å². The summed E-state index contributed by atoms with van der Waals surface area (Å²) in [6.45, 7) is 7.05. The highest BCUT2D eigenvalue weighted by molar-refractivity contribution is 4.98. The van der Waals surface area contributed by atoms with E-state index in [0.717, 1.165) is 31.7 Å². The Labute approximate surface area is 91.9 Å². The summed E-state index contributed by atoms with van der Waals surface area (Å²) in [5, 5.41) is 7.76. The highest BCUT2D eigenvalue weighted by Crippen LogP contribution is 1.97. The van der Waals surface area contributed by atoms with Crippen LogP contribution in [0.5, 0.6) is 0 Å². The van der Waals surface area contributed by atoms with Crippen molar-refractivity contribution in [2.24, 2.45) is 5.92 Å². The number of terminal acetylenes is 1. The summed E-state index contributed by atoms with van der Waals surface area (Å²) < 4.78 is 1.90. The van der Waals surface area contributed by atoms with Gasteiger partial charge in [-0.2, -0.15) is 5.10 Å². The Hall–Kier alpha value is -1.27. The molecule has 0 saturated carbocycles. The summed E-state index contributed by atoms with van der Waals surface area (Å²) in [5.74, 6) is 3.28. The van der Waals surface area contributed by atoms with Gasteiger partial charge in [0.05, 0.1) is 12.2 Å². The molecule has 1 aromatic rings. The molecule has 0 bridgehead atoms. The fourth-order valence-corrected chi connectivity index (χ4v) is 1.29. The summed E-state index contributed by atoms with van der Waals surface area (Å²) in [6, 6.07) is 2.03. The highest BCUT2D eigenvalue weighted by atomic mass is 15.3. The topological polar surface area (TPSA) is 29.9 Å². The lowest BCUT2D eigenvalue weighted by Crippen LogP contribution is -2.19. The van der Waals surface area contributed by atoms with Gasteiger partial charge in [0.1, 0.15) is 0 Å². The Morgan fingerprint density at radius 2 is 2.40 bits per heavy atom. The Bertz CT molecular complexity index is 320. The van der Waals surface area contributed by atoms with Gasteiger partial charge in [-0.25, -0.2) is 0 Å². The van der Waals surface area contributed by atoms with Gasteiger partial charge in [-0.1, -0.05) is 13.8 Å². The lowest BCUT2D eigenvalue weighted by molar-refractivity contribution is 0.540. The third kappa shape index (κ3) is 4.66. The van der Waals surface area contributed by atoms with Crippen molar-refractivity contribution >= 4 is 0 Å². The zero-order valence-corrected chi connectivity index (χ0v) is 9.53. The van der Waals surface area contributed by atoms with E-state index in [9.17, 15) is 0 Å². The summed E-state index contributed by atoms with van der Waals surface area (Å²) in [5.41, 5.74) is 1.08. The summed E-state index contributed by atoms with van der Waals surface area (Å²) in [7, 11) is 0. The van der Waals surface area contributed by atoms with E-state index in [4.69, 9.17) is 6.42 Å². The average molecular weight is 205 g/mol. The normalized spacial score (nSPS) is 10.5. The lowest BCUT2D eigenvalue weighted by atomic mass is 10.2. The van der Waals surface area contributed by atoms with E-state index in [1.54, 1.807) is 0 Å². The van der Waals surface area contributed by atoms with Gasteiger partial charge in [0.25, 0.3) is 0 Å². The van der Waals surface area contributed by atoms with E-state index in [1.165, 1.54) is 0 Å². The van der Waals surface area contributed by atoms with Crippen molar-refractivity contribution in [3.05, 3.63) is 18.0 Å². The van der Waals surface area contributed by atoms with Gasteiger partial charge in [0, 0.05) is 19.2 Å². The van der Waals surface area contributed by atoms with E-state index in [-0.39, 0.29) is 0 Å². The second-order valence-corrected chi connectivity index (χ2v) is 4.05. The van der Waals surface area contributed by atoms with Gasteiger partial charge < -0.3 is 5.32 Å². The van der Waals surface area contributed by atoms with Crippen molar-refractivity contribution in [2.45, 2.75) is 33.4 Å². The van der Waals surface area contributed by atoms with E-state index in [2.05, 4.69) is 30.2 Å². The zero-order valence-electron chi connectivity index (χ0n) is 9.53. The third-order valence-electron chi connectivity index (χ3n) is 2.04. The maximum Gasteiger partial charge on any atom is 0.0762 e. The summed E-state index contributed by atoms with van der Waals surface area (Å²) >= 11 is 0. The van der Waals surface area contributed by atoms with Crippen LogP contribution in [0.4, 0.5) is 0 Å². The molecule has 0 aliphatic rings. The Kier molecular flexibility index (Phi) is 4.92. The molecule has 1 aromatic heterocycles. The predicted molar refractivity (Wildman–Crippen MR) is 62.2 cm³/mol. The maximum absolute atomic E-state index is 5.19. The summed E-state index contributed by atoms with van der Waals surface area (Å²) in [4.78, 5) is 0. The molecule has 0 fully saturated rings. The van der Waals surface area contributed by atoms with E-state index in [1.807, 2.05) is 16.9 Å². The molecule has 0 amide bonds. The molecule has 0 aliphatic heterocycles. The number of hydrogen-bond donors (Lipinski definition) is 1. The van der Waals surface area contributed by atoms with Crippen LogP contribution in [0, 0.1) is 18.3 Å². The van der Waals surface area contributed by atoms with E-state index >= 15 is 0 Å². The number of aromatic nitrogens is 2. The van der Waals surface area contributed by atoms with Crippen molar-refractivity contribution in [3.8, 4) is 12.3 Å². The van der Waals surface area contributed by atoms with Crippen LogP contribution >= 0.6 is 0 Å². The molecule has 0 unspecified atom stereocenters. The molecule has 0 saturated heterocycles. The molecule has 1 heterocycles. The van der Waals surface area contributed by atoms with Crippen LogP contribution in [0.15, 0.2) is 12.3 Å². The molecule has 0 radical (unpaired) electrons. The van der Waals surface area contributed by atoms with Gasteiger partial charge in [0.15, 0.2) is 0 Å². The molecule has 82 valence electrons. The minimum atomic E-state index is 0.675.